The number of nitrogens with zero attached hydrogens (tertiary/aromatic N) is 2. The van der Waals surface area contributed by atoms with E-state index in [-0.39, 0.29) is 5.69 Å². The van der Waals surface area contributed by atoms with Crippen molar-refractivity contribution >= 4 is 0 Å². The molecule has 0 saturated heterocycles. The van der Waals surface area contributed by atoms with Crippen molar-refractivity contribution in [3.8, 4) is 11.3 Å². The van der Waals surface area contributed by atoms with Gasteiger partial charge in [-0.15, -0.1) is 0 Å². The summed E-state index contributed by atoms with van der Waals surface area (Å²) in [7, 11) is 0. The fourth-order valence-corrected chi connectivity index (χ4v) is 1.51. The Morgan fingerprint density at radius 1 is 1.33 bits per heavy atom. The number of alkyl halides is 3. The molecule has 0 amide bonds. The van der Waals surface area contributed by atoms with Crippen LogP contribution in [0, 0.1) is 6.92 Å². The van der Waals surface area contributed by atoms with E-state index in [1.54, 1.807) is 11.9 Å². The first-order valence-electron chi connectivity index (χ1n) is 4.97. The van der Waals surface area contributed by atoms with E-state index in [4.69, 9.17) is 0 Å². The largest absolute Gasteiger partial charge is 0.431 e. The molecule has 2 rings (SSSR count). The number of pyridine rings is 1. The van der Waals surface area contributed by atoms with Crippen molar-refractivity contribution in [2.24, 2.45) is 0 Å². The predicted molar refractivity (Wildman–Crippen MR) is 57.8 cm³/mol. The molecule has 0 saturated carbocycles. The summed E-state index contributed by atoms with van der Waals surface area (Å²) in [5.41, 5.74) is -1.08. The summed E-state index contributed by atoms with van der Waals surface area (Å²) < 4.78 is 37.7. The van der Waals surface area contributed by atoms with Crippen LogP contribution < -0.4 is 5.69 Å². The van der Waals surface area contributed by atoms with E-state index in [0.29, 0.717) is 11.1 Å². The van der Waals surface area contributed by atoms with Crippen molar-refractivity contribution in [3.63, 3.8) is 0 Å². The molecule has 0 aliphatic rings. The Morgan fingerprint density at radius 3 is 2.67 bits per heavy atom. The Morgan fingerprint density at radius 2 is 2.06 bits per heavy atom. The van der Waals surface area contributed by atoms with Gasteiger partial charge in [0.05, 0.1) is 5.69 Å². The third kappa shape index (κ3) is 2.39. The molecule has 2 heterocycles. The van der Waals surface area contributed by atoms with Gasteiger partial charge in [-0.2, -0.15) is 18.2 Å². The summed E-state index contributed by atoms with van der Waals surface area (Å²) >= 11 is 0. The van der Waals surface area contributed by atoms with Crippen molar-refractivity contribution in [2.45, 2.75) is 13.1 Å². The highest BCUT2D eigenvalue weighted by molar-refractivity contribution is 5.62. The van der Waals surface area contributed by atoms with Crippen LogP contribution in [-0.4, -0.2) is 15.0 Å². The Balaban J connectivity index is 2.63. The molecule has 0 aromatic carbocycles. The average molecular weight is 255 g/mol. The quantitative estimate of drug-likeness (QED) is 0.849. The van der Waals surface area contributed by atoms with Gasteiger partial charge in [0.1, 0.15) is 5.69 Å². The second-order valence-corrected chi connectivity index (χ2v) is 3.67. The second-order valence-electron chi connectivity index (χ2n) is 3.67. The minimum absolute atomic E-state index is 0.0222. The third-order valence-electron chi connectivity index (χ3n) is 2.35. The van der Waals surface area contributed by atoms with Crippen molar-refractivity contribution in [1.82, 2.24) is 15.0 Å². The number of hydrogen-bond donors (Lipinski definition) is 1. The van der Waals surface area contributed by atoms with Gasteiger partial charge in [-0.05, 0) is 24.6 Å². The van der Waals surface area contributed by atoms with Crippen LogP contribution in [0.2, 0.25) is 0 Å². The monoisotopic (exact) mass is 255 g/mol. The number of H-pyrrole nitrogens is 1. The molecule has 0 bridgehead atoms. The van der Waals surface area contributed by atoms with E-state index in [1.165, 1.54) is 18.5 Å². The third-order valence-corrected chi connectivity index (χ3v) is 2.35. The molecule has 2 aromatic heterocycles. The zero-order valence-corrected chi connectivity index (χ0v) is 9.25. The van der Waals surface area contributed by atoms with Gasteiger partial charge in [0.2, 0.25) is 0 Å². The Kier molecular flexibility index (Phi) is 2.90. The highest BCUT2D eigenvalue weighted by atomic mass is 19.4. The zero-order chi connectivity index (χ0) is 13.3. The van der Waals surface area contributed by atoms with Gasteiger partial charge < -0.3 is 4.98 Å². The molecule has 0 unspecified atom stereocenters. The SMILES string of the molecule is Cc1cnccc1-c1cc(C(F)(F)F)[nH]c(=O)n1. The fourth-order valence-electron chi connectivity index (χ4n) is 1.51. The molecule has 0 fully saturated rings. The van der Waals surface area contributed by atoms with E-state index in [1.807, 2.05) is 0 Å². The first-order valence-corrected chi connectivity index (χ1v) is 4.97. The molecule has 1 N–H and O–H groups in total. The summed E-state index contributed by atoms with van der Waals surface area (Å²) in [5, 5.41) is 0. The molecule has 18 heavy (non-hydrogen) atoms. The Labute approximate surface area is 99.5 Å². The Hall–Kier alpha value is -2.18. The van der Waals surface area contributed by atoms with Gasteiger partial charge in [0, 0.05) is 18.0 Å². The van der Waals surface area contributed by atoms with Crippen molar-refractivity contribution in [1.29, 1.82) is 0 Å². The van der Waals surface area contributed by atoms with Crippen molar-refractivity contribution < 1.29 is 13.2 Å². The molecule has 2 aromatic rings. The van der Waals surface area contributed by atoms with E-state index in [9.17, 15) is 18.0 Å². The molecule has 7 heteroatoms. The number of nitrogens with one attached hydrogen (secondary N) is 1. The van der Waals surface area contributed by atoms with Gasteiger partial charge in [0.25, 0.3) is 0 Å². The van der Waals surface area contributed by atoms with Crippen molar-refractivity contribution in [3.05, 3.63) is 46.3 Å². The number of hydrogen-bond acceptors (Lipinski definition) is 3. The topological polar surface area (TPSA) is 58.6 Å². The summed E-state index contributed by atoms with van der Waals surface area (Å²) in [6.07, 6.45) is -1.69. The highest BCUT2D eigenvalue weighted by Crippen LogP contribution is 2.29. The van der Waals surface area contributed by atoms with E-state index in [0.717, 1.165) is 6.07 Å². The normalized spacial score (nSPS) is 11.6. The molecule has 4 nitrogen and oxygen atoms in total. The highest BCUT2D eigenvalue weighted by Gasteiger charge is 2.32. The van der Waals surface area contributed by atoms with Crippen LogP contribution in [0.4, 0.5) is 13.2 Å². The average Bonchev–Trinajstić information content (AvgIpc) is 2.27. The molecule has 0 spiro atoms. The van der Waals surface area contributed by atoms with Crippen LogP contribution in [0.1, 0.15) is 11.3 Å². The summed E-state index contributed by atoms with van der Waals surface area (Å²) in [4.78, 5) is 20.2. The van der Waals surface area contributed by atoms with Crippen LogP contribution in [0.25, 0.3) is 11.3 Å². The van der Waals surface area contributed by atoms with Crippen LogP contribution in [0.5, 0.6) is 0 Å². The minimum atomic E-state index is -4.61. The Bertz CT molecular complexity index is 634. The van der Waals surface area contributed by atoms with E-state index < -0.39 is 17.6 Å². The lowest BCUT2D eigenvalue weighted by atomic mass is 10.1. The molecule has 0 atom stereocenters. The first kappa shape index (κ1) is 12.3. The van der Waals surface area contributed by atoms with Crippen LogP contribution in [-0.2, 0) is 6.18 Å². The fraction of sp³-hybridized carbons (Fsp3) is 0.182. The number of rotatable bonds is 1. The van der Waals surface area contributed by atoms with E-state index in [2.05, 4.69) is 9.97 Å². The van der Waals surface area contributed by atoms with Gasteiger partial charge in [-0.3, -0.25) is 4.98 Å². The lowest BCUT2D eigenvalue weighted by molar-refractivity contribution is -0.141. The maximum atomic E-state index is 12.6. The molecule has 94 valence electrons. The number of halogens is 3. The van der Waals surface area contributed by atoms with Crippen LogP contribution in [0.15, 0.2) is 29.3 Å². The smallest absolute Gasteiger partial charge is 0.302 e. The molecule has 0 aliphatic heterocycles. The van der Waals surface area contributed by atoms with Gasteiger partial charge in [-0.1, -0.05) is 0 Å². The summed E-state index contributed by atoms with van der Waals surface area (Å²) in [6, 6.07) is 2.32. The van der Waals surface area contributed by atoms with Gasteiger partial charge in [-0.25, -0.2) is 4.79 Å². The van der Waals surface area contributed by atoms with Crippen LogP contribution in [0.3, 0.4) is 0 Å². The maximum Gasteiger partial charge on any atom is 0.431 e. The molecular formula is C11H8F3N3O. The number of aromatic nitrogens is 3. The van der Waals surface area contributed by atoms with Crippen LogP contribution >= 0.6 is 0 Å². The summed E-state index contributed by atoms with van der Waals surface area (Å²) in [6.45, 7) is 1.68. The van der Waals surface area contributed by atoms with Crippen molar-refractivity contribution in [2.75, 3.05) is 0 Å². The first-order chi connectivity index (χ1) is 8.38. The summed E-state index contributed by atoms with van der Waals surface area (Å²) in [5.74, 6) is 0. The lowest BCUT2D eigenvalue weighted by Gasteiger charge is -2.08. The standard InChI is InChI=1S/C11H8F3N3O/c1-6-5-15-3-2-7(6)8-4-9(11(12,13)14)17-10(18)16-8/h2-5H,1H3,(H,16,17,18). The predicted octanol–water partition coefficient (Wildman–Crippen LogP) is 2.16. The lowest BCUT2D eigenvalue weighted by Crippen LogP contribution is -2.19. The van der Waals surface area contributed by atoms with E-state index >= 15 is 0 Å². The zero-order valence-electron chi connectivity index (χ0n) is 9.25. The molecular weight excluding hydrogens is 247 g/mol. The molecule has 0 radical (unpaired) electrons. The van der Waals surface area contributed by atoms with Gasteiger partial charge in [0.15, 0.2) is 0 Å². The number of aryl methyl sites for hydroxylation is 1. The minimum Gasteiger partial charge on any atom is -0.302 e. The molecule has 0 aliphatic carbocycles. The second kappa shape index (κ2) is 4.25. The number of aromatic amines is 1. The van der Waals surface area contributed by atoms with Gasteiger partial charge >= 0.3 is 11.9 Å². The maximum absolute atomic E-state index is 12.6.